The maximum Gasteiger partial charge on any atom is 0.288 e. The van der Waals surface area contributed by atoms with Crippen LogP contribution in [-0.4, -0.2) is 14.4 Å². The second-order valence-electron chi connectivity index (χ2n) is 5.89. The van der Waals surface area contributed by atoms with Gasteiger partial charge in [0.15, 0.2) is 5.58 Å². The van der Waals surface area contributed by atoms with E-state index in [1.807, 2.05) is 0 Å². The number of anilines is 1. The van der Waals surface area contributed by atoms with Crippen molar-refractivity contribution in [1.29, 1.82) is 0 Å². The van der Waals surface area contributed by atoms with Crippen LogP contribution in [0.3, 0.4) is 0 Å². The maximum absolute atomic E-state index is 12.6. The molecule has 1 saturated carbocycles. The Kier molecular flexibility index (Phi) is 3.54. The summed E-state index contributed by atoms with van der Waals surface area (Å²) < 4.78 is 18.3. The highest BCUT2D eigenvalue weighted by Crippen LogP contribution is 2.34. The SMILES string of the molecule is CC1CCC(S(=O)c2nc3ccc(N)cc3o2)CC1C. The van der Waals surface area contributed by atoms with Crippen molar-refractivity contribution < 1.29 is 8.63 Å². The Morgan fingerprint density at radius 1 is 1.30 bits per heavy atom. The highest BCUT2D eigenvalue weighted by atomic mass is 32.2. The zero-order valence-corrected chi connectivity index (χ0v) is 12.7. The molecule has 4 nitrogen and oxygen atoms in total. The lowest BCUT2D eigenvalue weighted by Gasteiger charge is -2.30. The molecule has 0 bridgehead atoms. The van der Waals surface area contributed by atoms with Crippen molar-refractivity contribution >= 4 is 27.6 Å². The van der Waals surface area contributed by atoms with Crippen molar-refractivity contribution in [3.63, 3.8) is 0 Å². The second kappa shape index (κ2) is 5.20. The molecular formula is C15H20N2O2S. The van der Waals surface area contributed by atoms with Gasteiger partial charge in [-0.15, -0.1) is 0 Å². The Bertz CT molecular complexity index is 652. The zero-order valence-electron chi connectivity index (χ0n) is 11.8. The van der Waals surface area contributed by atoms with E-state index >= 15 is 0 Å². The molecule has 1 heterocycles. The van der Waals surface area contributed by atoms with Crippen LogP contribution in [0.4, 0.5) is 5.69 Å². The third-order valence-electron chi connectivity index (χ3n) is 4.42. The van der Waals surface area contributed by atoms with Crippen molar-refractivity contribution in [1.82, 2.24) is 4.98 Å². The fraction of sp³-hybridized carbons (Fsp3) is 0.533. The first-order chi connectivity index (χ1) is 9.54. The molecule has 0 amide bonds. The summed E-state index contributed by atoms with van der Waals surface area (Å²) in [5, 5.41) is 0.504. The summed E-state index contributed by atoms with van der Waals surface area (Å²) in [6.45, 7) is 4.51. The molecule has 4 atom stereocenters. The fourth-order valence-electron chi connectivity index (χ4n) is 2.84. The van der Waals surface area contributed by atoms with Crippen molar-refractivity contribution in [3.05, 3.63) is 18.2 Å². The molecule has 0 aliphatic heterocycles. The fourth-order valence-corrected chi connectivity index (χ4v) is 4.32. The van der Waals surface area contributed by atoms with Crippen LogP contribution in [0.5, 0.6) is 0 Å². The van der Waals surface area contributed by atoms with Gasteiger partial charge < -0.3 is 10.2 Å². The molecule has 5 heteroatoms. The Morgan fingerprint density at radius 2 is 2.10 bits per heavy atom. The first-order valence-electron chi connectivity index (χ1n) is 7.11. The Balaban J connectivity index is 1.85. The normalized spacial score (nSPS) is 28.6. The largest absolute Gasteiger partial charge is 0.430 e. The number of rotatable bonds is 2. The van der Waals surface area contributed by atoms with E-state index < -0.39 is 10.8 Å². The second-order valence-corrected chi connectivity index (χ2v) is 7.50. The first kappa shape index (κ1) is 13.6. The number of hydrogen-bond donors (Lipinski definition) is 1. The zero-order chi connectivity index (χ0) is 14.3. The number of nitrogens with zero attached hydrogens (tertiary/aromatic N) is 1. The van der Waals surface area contributed by atoms with Crippen molar-refractivity contribution in [3.8, 4) is 0 Å². The molecule has 20 heavy (non-hydrogen) atoms. The van der Waals surface area contributed by atoms with E-state index in [4.69, 9.17) is 10.2 Å². The van der Waals surface area contributed by atoms with Gasteiger partial charge in [0.2, 0.25) is 0 Å². The summed E-state index contributed by atoms with van der Waals surface area (Å²) >= 11 is 0. The minimum Gasteiger partial charge on any atom is -0.430 e. The van der Waals surface area contributed by atoms with Crippen LogP contribution >= 0.6 is 0 Å². The summed E-state index contributed by atoms with van der Waals surface area (Å²) in [6, 6.07) is 5.32. The highest BCUT2D eigenvalue weighted by molar-refractivity contribution is 7.85. The third kappa shape index (κ3) is 2.46. The Hall–Kier alpha value is -1.36. The van der Waals surface area contributed by atoms with E-state index in [1.54, 1.807) is 18.2 Å². The predicted octanol–water partition coefficient (Wildman–Crippen LogP) is 3.34. The van der Waals surface area contributed by atoms with Crippen LogP contribution in [0, 0.1) is 11.8 Å². The van der Waals surface area contributed by atoms with Crippen LogP contribution in [0.1, 0.15) is 33.1 Å². The molecule has 1 fully saturated rings. The van der Waals surface area contributed by atoms with Gasteiger partial charge in [0.05, 0.1) is 0 Å². The molecular weight excluding hydrogens is 272 g/mol. The minimum atomic E-state index is -1.16. The number of aromatic nitrogens is 1. The van der Waals surface area contributed by atoms with E-state index in [-0.39, 0.29) is 5.25 Å². The average molecular weight is 292 g/mol. The van der Waals surface area contributed by atoms with Gasteiger partial charge >= 0.3 is 0 Å². The maximum atomic E-state index is 12.6. The lowest BCUT2D eigenvalue weighted by Crippen LogP contribution is -2.28. The number of fused-ring (bicyclic) bond motifs is 1. The van der Waals surface area contributed by atoms with Crippen molar-refractivity contribution in [2.24, 2.45) is 11.8 Å². The van der Waals surface area contributed by atoms with Gasteiger partial charge in [0, 0.05) is 17.0 Å². The highest BCUT2D eigenvalue weighted by Gasteiger charge is 2.31. The molecule has 0 spiro atoms. The smallest absolute Gasteiger partial charge is 0.288 e. The van der Waals surface area contributed by atoms with Crippen LogP contribution in [-0.2, 0) is 10.8 Å². The Morgan fingerprint density at radius 3 is 2.85 bits per heavy atom. The van der Waals surface area contributed by atoms with Crippen LogP contribution < -0.4 is 5.73 Å². The van der Waals surface area contributed by atoms with Crippen molar-refractivity contribution in [2.45, 2.75) is 43.6 Å². The minimum absolute atomic E-state index is 0.159. The third-order valence-corrected chi connectivity index (χ3v) is 5.97. The summed E-state index contributed by atoms with van der Waals surface area (Å²) in [7, 11) is -1.16. The molecule has 4 unspecified atom stereocenters. The van der Waals surface area contributed by atoms with Crippen molar-refractivity contribution in [2.75, 3.05) is 5.73 Å². The van der Waals surface area contributed by atoms with Crippen LogP contribution in [0.25, 0.3) is 11.1 Å². The Labute approximate surface area is 121 Å². The van der Waals surface area contributed by atoms with E-state index in [1.165, 1.54) is 0 Å². The van der Waals surface area contributed by atoms with E-state index in [2.05, 4.69) is 18.8 Å². The summed E-state index contributed by atoms with van der Waals surface area (Å²) in [4.78, 5) is 4.35. The van der Waals surface area contributed by atoms with Gasteiger partial charge in [0.1, 0.15) is 16.3 Å². The molecule has 1 aromatic heterocycles. The standard InChI is InChI=1S/C15H20N2O2S/c1-9-3-5-12(7-10(9)2)20(18)15-17-13-6-4-11(16)8-14(13)19-15/h4,6,8-10,12H,3,5,7,16H2,1-2H3. The molecule has 2 aromatic rings. The number of nitrogen functional groups attached to an aromatic ring is 1. The monoisotopic (exact) mass is 292 g/mol. The lowest BCUT2D eigenvalue weighted by molar-refractivity contribution is 0.280. The number of hydrogen-bond acceptors (Lipinski definition) is 4. The van der Waals surface area contributed by atoms with Gasteiger partial charge in [-0.25, -0.2) is 9.19 Å². The molecule has 2 N–H and O–H groups in total. The average Bonchev–Trinajstić information content (AvgIpc) is 2.84. The van der Waals surface area contributed by atoms with Crippen LogP contribution in [0.15, 0.2) is 27.8 Å². The number of oxazole rings is 1. The number of benzene rings is 1. The predicted molar refractivity (Wildman–Crippen MR) is 80.8 cm³/mol. The van der Waals surface area contributed by atoms with Gasteiger partial charge in [-0.2, -0.15) is 0 Å². The summed E-state index contributed by atoms with van der Waals surface area (Å²) in [5.74, 6) is 1.32. The van der Waals surface area contributed by atoms with E-state index in [9.17, 15) is 4.21 Å². The molecule has 108 valence electrons. The first-order valence-corrected chi connectivity index (χ1v) is 8.32. The lowest BCUT2D eigenvalue weighted by atomic mass is 9.81. The van der Waals surface area contributed by atoms with Gasteiger partial charge in [-0.1, -0.05) is 13.8 Å². The summed E-state index contributed by atoms with van der Waals surface area (Å²) in [6.07, 6.45) is 3.10. The topological polar surface area (TPSA) is 69.1 Å². The van der Waals surface area contributed by atoms with Gasteiger partial charge in [0.25, 0.3) is 5.22 Å². The van der Waals surface area contributed by atoms with Gasteiger partial charge in [-0.05, 0) is 43.2 Å². The summed E-state index contributed by atoms with van der Waals surface area (Å²) in [5.41, 5.74) is 7.69. The molecule has 3 rings (SSSR count). The molecule has 1 aliphatic rings. The van der Waals surface area contributed by atoms with Gasteiger partial charge in [-0.3, -0.25) is 0 Å². The van der Waals surface area contributed by atoms with Crippen LogP contribution in [0.2, 0.25) is 0 Å². The molecule has 0 saturated heterocycles. The number of nitrogens with two attached hydrogens (primary N) is 1. The van der Waals surface area contributed by atoms with E-state index in [0.29, 0.717) is 28.3 Å². The quantitative estimate of drug-likeness (QED) is 0.862. The molecule has 1 aromatic carbocycles. The molecule has 1 aliphatic carbocycles. The van der Waals surface area contributed by atoms with E-state index in [0.717, 1.165) is 24.8 Å². The molecule has 0 radical (unpaired) electrons.